The van der Waals surface area contributed by atoms with E-state index in [1.165, 1.54) is 0 Å². The Balaban J connectivity index is 2.44. The minimum Gasteiger partial charge on any atom is -0.396 e. The molecule has 5 nitrogen and oxygen atoms in total. The van der Waals surface area contributed by atoms with Gasteiger partial charge in [-0.15, -0.1) is 0 Å². The Labute approximate surface area is 121 Å². The van der Waals surface area contributed by atoms with Gasteiger partial charge in [-0.25, -0.2) is 0 Å². The van der Waals surface area contributed by atoms with Crippen LogP contribution in [0, 0.1) is 11.8 Å². The van der Waals surface area contributed by atoms with Gasteiger partial charge in [-0.3, -0.25) is 9.59 Å². The van der Waals surface area contributed by atoms with Gasteiger partial charge in [0.15, 0.2) is 0 Å². The van der Waals surface area contributed by atoms with Crippen molar-refractivity contribution in [2.75, 3.05) is 26.2 Å². The lowest BCUT2D eigenvalue weighted by Gasteiger charge is -2.19. The Morgan fingerprint density at radius 1 is 1.52 bits per heavy atom. The van der Waals surface area contributed by atoms with Gasteiger partial charge in [0.05, 0.1) is 5.92 Å². The molecule has 21 heavy (non-hydrogen) atoms. The molecule has 122 valence electrons. The van der Waals surface area contributed by atoms with Crippen molar-refractivity contribution in [2.45, 2.75) is 32.4 Å². The number of alkyl halides is 3. The summed E-state index contributed by atoms with van der Waals surface area (Å²) >= 11 is 0. The van der Waals surface area contributed by atoms with Crippen molar-refractivity contribution < 1.29 is 27.9 Å². The number of halogens is 3. The molecular formula is C13H21F3N2O3. The lowest BCUT2D eigenvalue weighted by molar-refractivity contribution is -0.157. The molecule has 8 heteroatoms. The van der Waals surface area contributed by atoms with Gasteiger partial charge in [-0.1, -0.05) is 13.3 Å². The van der Waals surface area contributed by atoms with E-state index < -0.39 is 30.5 Å². The lowest BCUT2D eigenvalue weighted by Crippen LogP contribution is -2.38. The van der Waals surface area contributed by atoms with E-state index in [4.69, 9.17) is 5.11 Å². The molecule has 0 aromatic carbocycles. The SMILES string of the molecule is CCC(CCO)CNC(=O)C1CC(=O)N(CC(F)(F)F)C1. The lowest BCUT2D eigenvalue weighted by atomic mass is 10.0. The number of nitrogens with one attached hydrogen (secondary N) is 1. The number of rotatable bonds is 7. The highest BCUT2D eigenvalue weighted by molar-refractivity contribution is 5.89. The molecule has 1 heterocycles. The molecule has 0 bridgehead atoms. The first-order valence-electron chi connectivity index (χ1n) is 7.00. The van der Waals surface area contributed by atoms with Crippen LogP contribution < -0.4 is 5.32 Å². The molecule has 1 saturated heterocycles. The summed E-state index contributed by atoms with van der Waals surface area (Å²) in [5.74, 6) is -1.65. The zero-order chi connectivity index (χ0) is 16.0. The van der Waals surface area contributed by atoms with Gasteiger partial charge < -0.3 is 15.3 Å². The van der Waals surface area contributed by atoms with Crippen molar-refractivity contribution in [1.82, 2.24) is 10.2 Å². The molecule has 1 fully saturated rings. The van der Waals surface area contributed by atoms with E-state index in [2.05, 4.69) is 5.32 Å². The minimum atomic E-state index is -4.45. The first kappa shape index (κ1) is 17.7. The molecule has 0 radical (unpaired) electrons. The molecule has 1 rings (SSSR count). The van der Waals surface area contributed by atoms with Crippen molar-refractivity contribution in [2.24, 2.45) is 11.8 Å². The second-order valence-corrected chi connectivity index (χ2v) is 5.32. The molecule has 0 aromatic heterocycles. The van der Waals surface area contributed by atoms with Crippen LogP contribution in [0.15, 0.2) is 0 Å². The quantitative estimate of drug-likeness (QED) is 0.735. The van der Waals surface area contributed by atoms with Crippen LogP contribution in [0.5, 0.6) is 0 Å². The normalized spacial score (nSPS) is 20.7. The molecule has 0 saturated carbocycles. The zero-order valence-electron chi connectivity index (χ0n) is 11.9. The third kappa shape index (κ3) is 5.91. The van der Waals surface area contributed by atoms with Gasteiger partial charge in [0, 0.05) is 26.1 Å². The topological polar surface area (TPSA) is 69.6 Å². The number of hydrogen-bond donors (Lipinski definition) is 2. The van der Waals surface area contributed by atoms with Gasteiger partial charge in [0.1, 0.15) is 6.54 Å². The highest BCUT2D eigenvalue weighted by atomic mass is 19.4. The summed E-state index contributed by atoms with van der Waals surface area (Å²) in [5.41, 5.74) is 0. The fraction of sp³-hybridized carbons (Fsp3) is 0.846. The molecule has 1 aliphatic heterocycles. The Morgan fingerprint density at radius 3 is 2.71 bits per heavy atom. The molecule has 2 unspecified atom stereocenters. The fourth-order valence-corrected chi connectivity index (χ4v) is 2.34. The van der Waals surface area contributed by atoms with Crippen molar-refractivity contribution in [1.29, 1.82) is 0 Å². The van der Waals surface area contributed by atoms with Crippen LogP contribution >= 0.6 is 0 Å². The third-order valence-electron chi connectivity index (χ3n) is 3.64. The Hall–Kier alpha value is -1.31. The van der Waals surface area contributed by atoms with Crippen molar-refractivity contribution in [3.63, 3.8) is 0 Å². The van der Waals surface area contributed by atoms with Crippen LogP contribution in [0.1, 0.15) is 26.2 Å². The summed E-state index contributed by atoms with van der Waals surface area (Å²) in [6.45, 7) is 0.810. The molecule has 2 N–H and O–H groups in total. The summed E-state index contributed by atoms with van der Waals surface area (Å²) in [5, 5.41) is 11.5. The minimum absolute atomic E-state index is 0.0235. The summed E-state index contributed by atoms with van der Waals surface area (Å²) in [6, 6.07) is 0. The van der Waals surface area contributed by atoms with Gasteiger partial charge >= 0.3 is 6.18 Å². The Morgan fingerprint density at radius 2 is 2.19 bits per heavy atom. The standard InChI is InChI=1S/C13H21F3N2O3/c1-2-9(3-4-19)6-17-12(21)10-5-11(20)18(7-10)8-13(14,15)16/h9-10,19H,2-8H2,1H3,(H,17,21). The first-order chi connectivity index (χ1) is 9.76. The van der Waals surface area contributed by atoms with Gasteiger partial charge in [-0.2, -0.15) is 13.2 Å². The van der Waals surface area contributed by atoms with E-state index in [1.807, 2.05) is 6.92 Å². The van der Waals surface area contributed by atoms with E-state index in [0.29, 0.717) is 17.9 Å². The van der Waals surface area contributed by atoms with Crippen LogP contribution in [0.3, 0.4) is 0 Å². The van der Waals surface area contributed by atoms with Crippen molar-refractivity contribution >= 4 is 11.8 Å². The number of aliphatic hydroxyl groups excluding tert-OH is 1. The third-order valence-corrected chi connectivity index (χ3v) is 3.64. The number of amides is 2. The smallest absolute Gasteiger partial charge is 0.396 e. The van der Waals surface area contributed by atoms with E-state index in [9.17, 15) is 22.8 Å². The number of carbonyl (C=O) groups excluding carboxylic acids is 2. The molecular weight excluding hydrogens is 289 g/mol. The van der Waals surface area contributed by atoms with Gasteiger partial charge in [-0.05, 0) is 12.3 Å². The highest BCUT2D eigenvalue weighted by Gasteiger charge is 2.40. The maximum Gasteiger partial charge on any atom is 0.406 e. The monoisotopic (exact) mass is 310 g/mol. The second-order valence-electron chi connectivity index (χ2n) is 5.32. The Kier molecular flexibility index (Phi) is 6.44. The van der Waals surface area contributed by atoms with Crippen molar-refractivity contribution in [3.05, 3.63) is 0 Å². The largest absolute Gasteiger partial charge is 0.406 e. The maximum atomic E-state index is 12.3. The average Bonchev–Trinajstić information content (AvgIpc) is 2.73. The molecule has 0 aliphatic carbocycles. The predicted octanol–water partition coefficient (Wildman–Crippen LogP) is 0.922. The van der Waals surface area contributed by atoms with Crippen LogP contribution in [0.2, 0.25) is 0 Å². The summed E-state index contributed by atoms with van der Waals surface area (Å²) in [6.07, 6.45) is -3.29. The van der Waals surface area contributed by atoms with E-state index in [-0.39, 0.29) is 25.5 Å². The number of nitrogens with zero attached hydrogens (tertiary/aromatic N) is 1. The number of hydrogen-bond acceptors (Lipinski definition) is 3. The van der Waals surface area contributed by atoms with Crippen LogP contribution in [0.25, 0.3) is 0 Å². The van der Waals surface area contributed by atoms with E-state index >= 15 is 0 Å². The molecule has 1 aliphatic rings. The van der Waals surface area contributed by atoms with Crippen LogP contribution in [-0.4, -0.2) is 54.2 Å². The van der Waals surface area contributed by atoms with Gasteiger partial charge in [0.2, 0.25) is 11.8 Å². The van der Waals surface area contributed by atoms with E-state index in [1.54, 1.807) is 0 Å². The number of carbonyl (C=O) groups is 2. The molecule has 2 atom stereocenters. The van der Waals surface area contributed by atoms with Crippen LogP contribution in [0.4, 0.5) is 13.2 Å². The zero-order valence-corrected chi connectivity index (χ0v) is 11.9. The number of likely N-dealkylation sites (tertiary alicyclic amines) is 1. The fourth-order valence-electron chi connectivity index (χ4n) is 2.34. The highest BCUT2D eigenvalue weighted by Crippen LogP contribution is 2.24. The molecule has 2 amide bonds. The van der Waals surface area contributed by atoms with E-state index in [0.717, 1.165) is 6.42 Å². The molecule has 0 spiro atoms. The number of aliphatic hydroxyl groups is 1. The summed E-state index contributed by atoms with van der Waals surface area (Å²) in [4.78, 5) is 24.0. The average molecular weight is 310 g/mol. The maximum absolute atomic E-state index is 12.3. The predicted molar refractivity (Wildman–Crippen MR) is 69.2 cm³/mol. The van der Waals surface area contributed by atoms with Gasteiger partial charge in [0.25, 0.3) is 0 Å². The van der Waals surface area contributed by atoms with Crippen LogP contribution in [-0.2, 0) is 9.59 Å². The second kappa shape index (κ2) is 7.63. The molecule has 0 aromatic rings. The Bertz CT molecular complexity index is 374. The van der Waals surface area contributed by atoms with Crippen molar-refractivity contribution in [3.8, 4) is 0 Å². The summed E-state index contributed by atoms with van der Waals surface area (Å²) in [7, 11) is 0. The summed E-state index contributed by atoms with van der Waals surface area (Å²) < 4.78 is 36.8. The first-order valence-corrected chi connectivity index (χ1v) is 7.00.